The maximum absolute atomic E-state index is 5.94. The largest absolute Gasteiger partial charge is 0.487 e. The van der Waals surface area contributed by atoms with Crippen molar-refractivity contribution in [2.75, 3.05) is 24.5 Å². The third-order valence-corrected chi connectivity index (χ3v) is 3.56. The van der Waals surface area contributed by atoms with Gasteiger partial charge in [0.15, 0.2) is 11.6 Å². The fourth-order valence-corrected chi connectivity index (χ4v) is 2.75. The summed E-state index contributed by atoms with van der Waals surface area (Å²) < 4.78 is 5.94. The lowest BCUT2D eigenvalue weighted by Gasteiger charge is -2.36. The fourth-order valence-electron chi connectivity index (χ4n) is 2.75. The molecular formula is C16H27N3O. The van der Waals surface area contributed by atoms with Gasteiger partial charge in [0.05, 0.1) is 6.10 Å². The van der Waals surface area contributed by atoms with E-state index in [4.69, 9.17) is 4.74 Å². The van der Waals surface area contributed by atoms with Gasteiger partial charge in [-0.05, 0) is 51.8 Å². The van der Waals surface area contributed by atoms with Gasteiger partial charge < -0.3 is 15.0 Å². The fraction of sp³-hybridized carbons (Fsp3) is 0.688. The molecule has 1 N–H and O–H groups in total. The molecular weight excluding hydrogens is 250 g/mol. The molecule has 1 aliphatic rings. The Bertz CT molecular complexity index is 402. The summed E-state index contributed by atoms with van der Waals surface area (Å²) in [5, 5.41) is 3.49. The van der Waals surface area contributed by atoms with Crippen LogP contribution in [0.4, 0.5) is 5.82 Å². The van der Waals surface area contributed by atoms with Crippen LogP contribution in [-0.4, -0.2) is 36.8 Å². The van der Waals surface area contributed by atoms with Crippen LogP contribution in [0, 0.1) is 0 Å². The summed E-state index contributed by atoms with van der Waals surface area (Å²) in [6.45, 7) is 9.53. The van der Waals surface area contributed by atoms with Crippen molar-refractivity contribution in [3.8, 4) is 5.75 Å². The number of anilines is 1. The van der Waals surface area contributed by atoms with Crippen LogP contribution in [0.25, 0.3) is 0 Å². The van der Waals surface area contributed by atoms with E-state index in [0.717, 1.165) is 37.6 Å². The normalized spacial score (nSPS) is 19.1. The molecule has 2 rings (SSSR count). The highest BCUT2D eigenvalue weighted by molar-refractivity contribution is 5.53. The average molecular weight is 277 g/mol. The van der Waals surface area contributed by atoms with Crippen LogP contribution < -0.4 is 15.0 Å². The van der Waals surface area contributed by atoms with E-state index >= 15 is 0 Å². The molecule has 20 heavy (non-hydrogen) atoms. The molecule has 0 amide bonds. The number of rotatable bonds is 6. The first kappa shape index (κ1) is 15.1. The predicted molar refractivity (Wildman–Crippen MR) is 83.5 cm³/mol. The van der Waals surface area contributed by atoms with Crippen molar-refractivity contribution in [2.24, 2.45) is 0 Å². The van der Waals surface area contributed by atoms with Crippen LogP contribution in [0.5, 0.6) is 5.75 Å². The first-order valence-electron chi connectivity index (χ1n) is 7.81. The van der Waals surface area contributed by atoms with E-state index in [0.29, 0.717) is 6.04 Å². The smallest absolute Gasteiger partial charge is 0.171 e. The van der Waals surface area contributed by atoms with Gasteiger partial charge in [-0.3, -0.25) is 0 Å². The second kappa shape index (κ2) is 7.48. The van der Waals surface area contributed by atoms with Crippen molar-refractivity contribution >= 4 is 5.82 Å². The minimum Gasteiger partial charge on any atom is -0.487 e. The summed E-state index contributed by atoms with van der Waals surface area (Å²) in [5.74, 6) is 1.90. The quantitative estimate of drug-likeness (QED) is 0.867. The van der Waals surface area contributed by atoms with E-state index < -0.39 is 0 Å². The topological polar surface area (TPSA) is 37.4 Å². The third kappa shape index (κ3) is 3.85. The lowest BCUT2D eigenvalue weighted by molar-refractivity contribution is 0.241. The van der Waals surface area contributed by atoms with Crippen molar-refractivity contribution in [3.05, 3.63) is 18.3 Å². The number of piperidine rings is 1. The maximum atomic E-state index is 5.94. The molecule has 0 bridgehead atoms. The van der Waals surface area contributed by atoms with Crippen LogP contribution in [0.15, 0.2) is 18.3 Å². The van der Waals surface area contributed by atoms with Crippen LogP contribution in [-0.2, 0) is 0 Å². The van der Waals surface area contributed by atoms with Crippen molar-refractivity contribution in [3.63, 3.8) is 0 Å². The van der Waals surface area contributed by atoms with Crippen LogP contribution >= 0.6 is 0 Å². The van der Waals surface area contributed by atoms with E-state index in [1.807, 2.05) is 18.3 Å². The maximum Gasteiger partial charge on any atom is 0.171 e. The van der Waals surface area contributed by atoms with Crippen molar-refractivity contribution < 1.29 is 4.74 Å². The molecule has 4 nitrogen and oxygen atoms in total. The van der Waals surface area contributed by atoms with Crippen molar-refractivity contribution in [1.29, 1.82) is 0 Å². The van der Waals surface area contributed by atoms with Gasteiger partial charge >= 0.3 is 0 Å². The molecule has 1 aliphatic heterocycles. The highest BCUT2D eigenvalue weighted by Gasteiger charge is 2.24. The van der Waals surface area contributed by atoms with E-state index in [-0.39, 0.29) is 6.10 Å². The van der Waals surface area contributed by atoms with Gasteiger partial charge in [0, 0.05) is 25.3 Å². The van der Waals surface area contributed by atoms with Gasteiger partial charge in [-0.2, -0.15) is 0 Å². The SMILES string of the molecule is CCCN(c1ncccc1OC(C)C)C1CCCNC1. The Balaban J connectivity index is 2.23. The average Bonchev–Trinajstić information content (AvgIpc) is 2.46. The summed E-state index contributed by atoms with van der Waals surface area (Å²) in [7, 11) is 0. The number of hydrogen-bond donors (Lipinski definition) is 1. The molecule has 1 saturated heterocycles. The molecule has 2 heterocycles. The van der Waals surface area contributed by atoms with Gasteiger partial charge in [-0.1, -0.05) is 6.92 Å². The van der Waals surface area contributed by atoms with E-state index in [9.17, 15) is 0 Å². The van der Waals surface area contributed by atoms with Gasteiger partial charge in [0.2, 0.25) is 0 Å². The Morgan fingerprint density at radius 3 is 3.00 bits per heavy atom. The second-order valence-electron chi connectivity index (χ2n) is 5.69. The number of hydrogen-bond acceptors (Lipinski definition) is 4. The molecule has 0 aliphatic carbocycles. The highest BCUT2D eigenvalue weighted by atomic mass is 16.5. The minimum atomic E-state index is 0.172. The second-order valence-corrected chi connectivity index (χ2v) is 5.69. The zero-order valence-corrected chi connectivity index (χ0v) is 12.9. The summed E-state index contributed by atoms with van der Waals surface area (Å²) in [6.07, 6.45) is 5.61. The van der Waals surface area contributed by atoms with Gasteiger partial charge in [-0.15, -0.1) is 0 Å². The molecule has 0 radical (unpaired) electrons. The number of pyridine rings is 1. The first-order valence-corrected chi connectivity index (χ1v) is 7.81. The van der Waals surface area contributed by atoms with E-state index in [1.54, 1.807) is 0 Å². The summed E-state index contributed by atoms with van der Waals surface area (Å²) in [4.78, 5) is 7.02. The summed E-state index contributed by atoms with van der Waals surface area (Å²) in [5.41, 5.74) is 0. The zero-order valence-electron chi connectivity index (χ0n) is 12.9. The molecule has 1 atom stereocenters. The van der Waals surface area contributed by atoms with E-state index in [1.165, 1.54) is 12.8 Å². The zero-order chi connectivity index (χ0) is 14.4. The molecule has 0 saturated carbocycles. The van der Waals surface area contributed by atoms with Crippen molar-refractivity contribution in [1.82, 2.24) is 10.3 Å². The lowest BCUT2D eigenvalue weighted by Crippen LogP contribution is -2.47. The van der Waals surface area contributed by atoms with Gasteiger partial charge in [0.1, 0.15) is 0 Å². The van der Waals surface area contributed by atoms with Gasteiger partial charge in [0.25, 0.3) is 0 Å². The Kier molecular flexibility index (Phi) is 5.65. The predicted octanol–water partition coefficient (Wildman–Crippen LogP) is 2.84. The molecule has 0 aromatic carbocycles. The Morgan fingerprint density at radius 1 is 1.50 bits per heavy atom. The van der Waals surface area contributed by atoms with Gasteiger partial charge in [-0.25, -0.2) is 4.98 Å². The molecule has 1 unspecified atom stereocenters. The Morgan fingerprint density at radius 2 is 2.35 bits per heavy atom. The molecule has 0 spiro atoms. The molecule has 1 fully saturated rings. The first-order chi connectivity index (χ1) is 9.72. The number of nitrogens with one attached hydrogen (secondary N) is 1. The number of nitrogens with zero attached hydrogens (tertiary/aromatic N) is 2. The van der Waals surface area contributed by atoms with Crippen LogP contribution in [0.2, 0.25) is 0 Å². The molecule has 1 aromatic rings. The Labute approximate surface area is 122 Å². The third-order valence-electron chi connectivity index (χ3n) is 3.56. The van der Waals surface area contributed by atoms with Crippen molar-refractivity contribution in [2.45, 2.75) is 52.2 Å². The van der Waals surface area contributed by atoms with Crippen LogP contribution in [0.3, 0.4) is 0 Å². The minimum absolute atomic E-state index is 0.172. The standard InChI is InChI=1S/C16H27N3O/c1-4-11-19(14-7-5-9-17-12-14)16-15(20-13(2)3)8-6-10-18-16/h6,8,10,13-14,17H,4-5,7,9,11-12H2,1-3H3. The Hall–Kier alpha value is -1.29. The molecule has 1 aromatic heterocycles. The highest BCUT2D eigenvalue weighted by Crippen LogP contribution is 2.29. The number of aromatic nitrogens is 1. The summed E-state index contributed by atoms with van der Waals surface area (Å²) in [6, 6.07) is 4.50. The molecule has 4 heteroatoms. The summed E-state index contributed by atoms with van der Waals surface area (Å²) >= 11 is 0. The van der Waals surface area contributed by atoms with Crippen LogP contribution in [0.1, 0.15) is 40.0 Å². The molecule has 112 valence electrons. The lowest BCUT2D eigenvalue weighted by atomic mass is 10.1. The van der Waals surface area contributed by atoms with E-state index in [2.05, 4.69) is 36.0 Å². The monoisotopic (exact) mass is 277 g/mol. The number of ether oxygens (including phenoxy) is 1.